The molecule has 6 aromatic rings. The fourth-order valence-electron chi connectivity index (χ4n) is 5.41. The third-order valence-corrected chi connectivity index (χ3v) is 7.71. The molecule has 5 aromatic carbocycles. The highest BCUT2D eigenvalue weighted by Gasteiger charge is 2.28. The molecule has 1 aromatic heterocycles. The third-order valence-electron chi connectivity index (χ3n) is 7.71. The molecule has 44 heavy (non-hydrogen) atoms. The molecule has 0 bridgehead atoms. The van der Waals surface area contributed by atoms with E-state index in [-0.39, 0.29) is 6.04 Å². The van der Waals surface area contributed by atoms with Gasteiger partial charge < -0.3 is 4.42 Å². The van der Waals surface area contributed by atoms with Gasteiger partial charge in [-0.3, -0.25) is 5.01 Å². The van der Waals surface area contributed by atoms with Crippen LogP contribution in [0.3, 0.4) is 0 Å². The zero-order valence-electron chi connectivity index (χ0n) is 24.2. The average Bonchev–Trinajstić information content (AvgIpc) is 3.77. The molecule has 0 saturated heterocycles. The Labute approximate surface area is 258 Å². The van der Waals surface area contributed by atoms with Gasteiger partial charge in [0.15, 0.2) is 5.76 Å². The molecule has 0 N–H and O–H groups in total. The van der Waals surface area contributed by atoms with Gasteiger partial charge >= 0.3 is 0 Å². The van der Waals surface area contributed by atoms with Crippen molar-refractivity contribution in [1.82, 2.24) is 4.98 Å². The van der Waals surface area contributed by atoms with E-state index in [9.17, 15) is 0 Å². The topological polar surface area (TPSA) is 41.6 Å². The second kappa shape index (κ2) is 12.6. The molecular formula is C40H31N3O. The van der Waals surface area contributed by atoms with Gasteiger partial charge in [-0.25, -0.2) is 4.98 Å². The predicted molar refractivity (Wildman–Crippen MR) is 182 cm³/mol. The number of anilines is 1. The first-order valence-electron chi connectivity index (χ1n) is 14.8. The molecule has 0 fully saturated rings. The van der Waals surface area contributed by atoms with Crippen LogP contribution in [0.1, 0.15) is 34.7 Å². The lowest BCUT2D eigenvalue weighted by Crippen LogP contribution is -2.18. The van der Waals surface area contributed by atoms with Crippen LogP contribution in [0.2, 0.25) is 0 Å². The van der Waals surface area contributed by atoms with E-state index in [1.165, 1.54) is 11.1 Å². The van der Waals surface area contributed by atoms with Crippen molar-refractivity contribution in [3.8, 4) is 22.8 Å². The molecule has 2 heterocycles. The van der Waals surface area contributed by atoms with Gasteiger partial charge in [0.2, 0.25) is 5.89 Å². The van der Waals surface area contributed by atoms with Crippen molar-refractivity contribution in [2.24, 2.45) is 5.10 Å². The molecule has 0 amide bonds. The summed E-state index contributed by atoms with van der Waals surface area (Å²) in [6.07, 6.45) is 11.2. The van der Waals surface area contributed by atoms with Crippen LogP contribution in [-0.2, 0) is 0 Å². The van der Waals surface area contributed by atoms with Crippen molar-refractivity contribution in [1.29, 1.82) is 0 Å². The van der Waals surface area contributed by atoms with E-state index in [1.54, 1.807) is 6.20 Å². The zero-order valence-corrected chi connectivity index (χ0v) is 24.2. The molecule has 0 saturated carbocycles. The summed E-state index contributed by atoms with van der Waals surface area (Å²) in [4.78, 5) is 4.52. The van der Waals surface area contributed by atoms with Crippen molar-refractivity contribution < 1.29 is 4.42 Å². The van der Waals surface area contributed by atoms with Gasteiger partial charge in [-0.1, -0.05) is 133 Å². The molecule has 1 atom stereocenters. The van der Waals surface area contributed by atoms with Crippen molar-refractivity contribution in [3.63, 3.8) is 0 Å². The summed E-state index contributed by atoms with van der Waals surface area (Å²) in [5, 5.41) is 7.19. The first-order valence-corrected chi connectivity index (χ1v) is 14.8. The maximum absolute atomic E-state index is 6.07. The summed E-state index contributed by atoms with van der Waals surface area (Å²) >= 11 is 0. The normalized spacial score (nSPS) is 14.9. The summed E-state index contributed by atoms with van der Waals surface area (Å²) in [5.74, 6) is 1.37. The lowest BCUT2D eigenvalue weighted by Gasteiger charge is -2.24. The lowest BCUT2D eigenvalue weighted by molar-refractivity contribution is 0.589. The van der Waals surface area contributed by atoms with E-state index in [2.05, 4.69) is 125 Å². The number of aromatic nitrogens is 1. The molecule has 7 rings (SSSR count). The van der Waals surface area contributed by atoms with Crippen LogP contribution in [0.5, 0.6) is 0 Å². The maximum Gasteiger partial charge on any atom is 0.226 e. The summed E-state index contributed by atoms with van der Waals surface area (Å²) in [6, 6.07) is 48.0. The lowest BCUT2D eigenvalue weighted by atomic mass is 10.0. The number of rotatable bonds is 8. The van der Waals surface area contributed by atoms with E-state index < -0.39 is 0 Å². The minimum absolute atomic E-state index is 0.147. The quantitative estimate of drug-likeness (QED) is 0.171. The number of nitrogens with zero attached hydrogens (tertiary/aromatic N) is 3. The summed E-state index contributed by atoms with van der Waals surface area (Å²) in [5.41, 5.74) is 8.71. The van der Waals surface area contributed by atoms with E-state index in [4.69, 9.17) is 9.52 Å². The molecule has 212 valence electrons. The molecule has 0 radical (unpaired) electrons. The van der Waals surface area contributed by atoms with Gasteiger partial charge in [0.25, 0.3) is 0 Å². The minimum Gasteiger partial charge on any atom is -0.436 e. The van der Waals surface area contributed by atoms with Crippen LogP contribution in [-0.4, -0.2) is 10.7 Å². The van der Waals surface area contributed by atoms with Gasteiger partial charge in [0.05, 0.1) is 23.6 Å². The number of allylic oxidation sites excluding steroid dienone is 1. The third kappa shape index (κ3) is 6.20. The van der Waals surface area contributed by atoms with Crippen molar-refractivity contribution in [2.45, 2.75) is 12.5 Å². The van der Waals surface area contributed by atoms with Crippen LogP contribution >= 0.6 is 0 Å². The molecule has 1 aliphatic heterocycles. The fraction of sp³-hybridized carbons (Fsp3) is 0.0500. The maximum atomic E-state index is 6.07. The van der Waals surface area contributed by atoms with Crippen LogP contribution in [0.4, 0.5) is 5.69 Å². The summed E-state index contributed by atoms with van der Waals surface area (Å²) < 4.78 is 6.07. The van der Waals surface area contributed by atoms with Crippen molar-refractivity contribution >= 4 is 29.6 Å². The van der Waals surface area contributed by atoms with Crippen molar-refractivity contribution in [2.75, 3.05) is 5.01 Å². The van der Waals surface area contributed by atoms with E-state index >= 15 is 0 Å². The van der Waals surface area contributed by atoms with Crippen molar-refractivity contribution in [3.05, 3.63) is 174 Å². The highest BCUT2D eigenvalue weighted by molar-refractivity contribution is 6.01. The van der Waals surface area contributed by atoms with Crippen LogP contribution in [0.15, 0.2) is 161 Å². The Hall–Kier alpha value is -5.74. The smallest absolute Gasteiger partial charge is 0.226 e. The number of benzene rings is 5. The van der Waals surface area contributed by atoms with Gasteiger partial charge in [0.1, 0.15) is 0 Å². The van der Waals surface area contributed by atoms with Gasteiger partial charge in [-0.2, -0.15) is 5.10 Å². The van der Waals surface area contributed by atoms with Crippen LogP contribution in [0, 0.1) is 0 Å². The van der Waals surface area contributed by atoms with Gasteiger partial charge in [0, 0.05) is 17.5 Å². The van der Waals surface area contributed by atoms with Crippen LogP contribution < -0.4 is 5.01 Å². The molecule has 4 heteroatoms. The van der Waals surface area contributed by atoms with Crippen LogP contribution in [0.25, 0.3) is 41.0 Å². The Bertz CT molecular complexity index is 1920. The SMILES string of the molecule is C(=C\c1ccccc1)/C1=NN(c2ccc(/C=C/c3cccc(-c4ncc(-c5ccccc5)o4)c3)cc2)[C@H](c2ccccc2)C1. The molecular weight excluding hydrogens is 538 g/mol. The summed E-state index contributed by atoms with van der Waals surface area (Å²) in [6.45, 7) is 0. The molecule has 4 nitrogen and oxygen atoms in total. The van der Waals surface area contributed by atoms with E-state index in [1.807, 2.05) is 48.5 Å². The first-order chi connectivity index (χ1) is 21.8. The Morgan fingerprint density at radius 2 is 1.20 bits per heavy atom. The fourth-order valence-corrected chi connectivity index (χ4v) is 5.41. The van der Waals surface area contributed by atoms with E-state index in [0.29, 0.717) is 5.89 Å². The Morgan fingerprint density at radius 3 is 1.98 bits per heavy atom. The standard InChI is InChI=1S/C40H31N3O/c1-4-11-30(12-5-1)21-24-36-28-38(33-14-6-2-7-15-33)43(42-36)37-25-22-31(23-26-37)19-20-32-13-10-18-35(27-32)40-41-29-39(44-40)34-16-8-3-9-17-34/h1-27,29,38H,28H2/b20-19+,24-21+/t38-/m0/s1. The monoisotopic (exact) mass is 569 g/mol. The predicted octanol–water partition coefficient (Wildman–Crippen LogP) is 10.2. The second-order valence-electron chi connectivity index (χ2n) is 10.8. The Kier molecular flexibility index (Phi) is 7.79. The number of hydrogen-bond donors (Lipinski definition) is 0. The Balaban J connectivity index is 1.09. The second-order valence-corrected chi connectivity index (χ2v) is 10.8. The number of hydrogen-bond acceptors (Lipinski definition) is 4. The highest BCUT2D eigenvalue weighted by atomic mass is 16.4. The average molecular weight is 570 g/mol. The van der Waals surface area contributed by atoms with Gasteiger partial charge in [-0.05, 0) is 52.6 Å². The zero-order chi connectivity index (χ0) is 29.6. The van der Waals surface area contributed by atoms with Gasteiger partial charge in [-0.15, -0.1) is 0 Å². The molecule has 0 aliphatic carbocycles. The van der Waals surface area contributed by atoms with E-state index in [0.717, 1.165) is 45.8 Å². The molecule has 0 unspecified atom stereocenters. The highest BCUT2D eigenvalue weighted by Crippen LogP contribution is 2.36. The number of oxazole rings is 1. The molecule has 1 aliphatic rings. The Morgan fingerprint density at radius 1 is 0.591 bits per heavy atom. The largest absolute Gasteiger partial charge is 0.436 e. The summed E-state index contributed by atoms with van der Waals surface area (Å²) in [7, 11) is 0. The number of hydrazone groups is 1. The molecule has 0 spiro atoms. The first kappa shape index (κ1) is 27.1. The minimum atomic E-state index is 0.147.